The average molecular weight is 487 g/mol. The van der Waals surface area contributed by atoms with E-state index in [-0.39, 0.29) is 11.4 Å². The smallest absolute Gasteiger partial charge is 0.264 e. The second-order valence-electron chi connectivity index (χ2n) is 7.07. The Morgan fingerprint density at radius 1 is 0.933 bits per heavy atom. The molecule has 0 fully saturated rings. The Hall–Kier alpha value is -2.64. The molecule has 1 N–H and O–H groups in total. The summed E-state index contributed by atoms with van der Waals surface area (Å²) in [7, 11) is -3.95. The zero-order valence-electron chi connectivity index (χ0n) is 17.0. The molecule has 0 atom stereocenters. The number of sulfonamides is 1. The molecule has 0 aliphatic carbocycles. The van der Waals surface area contributed by atoms with Crippen molar-refractivity contribution < 1.29 is 13.2 Å². The molecule has 3 rings (SSSR count). The molecule has 1 amide bonds. The van der Waals surface area contributed by atoms with Crippen molar-refractivity contribution in [2.75, 3.05) is 16.2 Å². The van der Waals surface area contributed by atoms with E-state index in [0.29, 0.717) is 11.4 Å². The van der Waals surface area contributed by atoms with Crippen molar-refractivity contribution in [2.45, 2.75) is 25.7 Å². The summed E-state index contributed by atoms with van der Waals surface area (Å²) in [6, 6.07) is 19.2. The third-order valence-corrected chi connectivity index (χ3v) is 7.35. The number of anilines is 2. The predicted octanol–water partition coefficient (Wildman–Crippen LogP) is 5.21. The van der Waals surface area contributed by atoms with E-state index in [2.05, 4.69) is 21.2 Å². The molecule has 30 heavy (non-hydrogen) atoms. The summed E-state index contributed by atoms with van der Waals surface area (Å²) in [6.45, 7) is 5.32. The van der Waals surface area contributed by atoms with Gasteiger partial charge >= 0.3 is 0 Å². The van der Waals surface area contributed by atoms with Gasteiger partial charge in [-0.3, -0.25) is 9.10 Å². The fourth-order valence-electron chi connectivity index (χ4n) is 3.03. The number of hydrogen-bond donors (Lipinski definition) is 1. The van der Waals surface area contributed by atoms with Crippen LogP contribution >= 0.6 is 15.9 Å². The maximum Gasteiger partial charge on any atom is 0.264 e. The molecule has 0 aromatic heterocycles. The highest BCUT2D eigenvalue weighted by Crippen LogP contribution is 2.29. The summed E-state index contributed by atoms with van der Waals surface area (Å²) < 4.78 is 28.9. The lowest BCUT2D eigenvalue weighted by Crippen LogP contribution is -2.38. The Bertz CT molecular complexity index is 1180. The van der Waals surface area contributed by atoms with E-state index in [4.69, 9.17) is 0 Å². The molecule has 156 valence electrons. The van der Waals surface area contributed by atoms with Crippen LogP contribution in [0.5, 0.6) is 0 Å². The van der Waals surface area contributed by atoms with Crippen LogP contribution in [0.3, 0.4) is 0 Å². The van der Waals surface area contributed by atoms with Gasteiger partial charge in [0.2, 0.25) is 5.91 Å². The molecular weight excluding hydrogens is 464 g/mol. The zero-order valence-corrected chi connectivity index (χ0v) is 19.4. The number of nitrogens with zero attached hydrogens (tertiary/aromatic N) is 1. The van der Waals surface area contributed by atoms with Crippen LogP contribution in [-0.4, -0.2) is 20.9 Å². The lowest BCUT2D eigenvalue weighted by molar-refractivity contribution is -0.114. The molecule has 0 radical (unpaired) electrons. The predicted molar refractivity (Wildman–Crippen MR) is 124 cm³/mol. The number of aryl methyl sites for hydroxylation is 2. The maximum atomic E-state index is 13.5. The molecule has 0 aliphatic heterocycles. The largest absolute Gasteiger partial charge is 0.323 e. The van der Waals surface area contributed by atoms with Gasteiger partial charge in [0, 0.05) is 4.47 Å². The standard InChI is InChI=1S/C23H23BrN2O3S/c1-16-11-13-19(14-12-16)30(28,29)26(22-10-6-7-17(2)18(22)3)15-23(27)25-21-9-5-4-8-20(21)24/h4-14H,15H2,1-3H3,(H,25,27). The molecule has 0 unspecified atom stereocenters. The molecule has 0 aliphatic rings. The highest BCUT2D eigenvalue weighted by atomic mass is 79.9. The first kappa shape index (κ1) is 22.1. The van der Waals surface area contributed by atoms with Crippen LogP contribution in [0.1, 0.15) is 16.7 Å². The second-order valence-corrected chi connectivity index (χ2v) is 9.79. The van der Waals surface area contributed by atoms with Crippen molar-refractivity contribution >= 4 is 43.2 Å². The van der Waals surface area contributed by atoms with Gasteiger partial charge in [0.15, 0.2) is 0 Å². The monoisotopic (exact) mass is 486 g/mol. The van der Waals surface area contributed by atoms with E-state index in [0.717, 1.165) is 21.2 Å². The van der Waals surface area contributed by atoms with Crippen LogP contribution in [0.25, 0.3) is 0 Å². The summed E-state index contributed by atoms with van der Waals surface area (Å²) in [6.07, 6.45) is 0. The third-order valence-electron chi connectivity index (χ3n) is 4.89. The van der Waals surface area contributed by atoms with E-state index in [1.54, 1.807) is 54.6 Å². The van der Waals surface area contributed by atoms with Gasteiger partial charge in [-0.25, -0.2) is 8.42 Å². The Morgan fingerprint density at radius 3 is 2.27 bits per heavy atom. The number of amides is 1. The molecule has 0 spiro atoms. The summed E-state index contributed by atoms with van der Waals surface area (Å²) in [5, 5.41) is 2.79. The summed E-state index contributed by atoms with van der Waals surface area (Å²) in [5.74, 6) is -0.432. The van der Waals surface area contributed by atoms with Gasteiger partial charge in [-0.15, -0.1) is 0 Å². The highest BCUT2D eigenvalue weighted by molar-refractivity contribution is 9.10. The Balaban J connectivity index is 2.02. The van der Waals surface area contributed by atoms with Crippen LogP contribution in [0.15, 0.2) is 76.1 Å². The van der Waals surface area contributed by atoms with E-state index < -0.39 is 15.9 Å². The number of carbonyl (C=O) groups excluding carboxylic acids is 1. The minimum absolute atomic E-state index is 0.141. The normalized spacial score (nSPS) is 11.2. The number of para-hydroxylation sites is 1. The molecular formula is C23H23BrN2O3S. The molecule has 3 aromatic rings. The van der Waals surface area contributed by atoms with E-state index in [1.807, 2.05) is 32.9 Å². The second kappa shape index (κ2) is 9.02. The van der Waals surface area contributed by atoms with Gasteiger partial charge in [-0.1, -0.05) is 42.0 Å². The van der Waals surface area contributed by atoms with E-state index in [9.17, 15) is 13.2 Å². The molecule has 0 heterocycles. The van der Waals surface area contributed by atoms with Crippen molar-refractivity contribution in [3.63, 3.8) is 0 Å². The van der Waals surface area contributed by atoms with Crippen molar-refractivity contribution in [2.24, 2.45) is 0 Å². The molecule has 0 bridgehead atoms. The quantitative estimate of drug-likeness (QED) is 0.519. The number of carbonyl (C=O) groups is 1. The zero-order chi connectivity index (χ0) is 21.9. The fourth-order valence-corrected chi connectivity index (χ4v) is 4.89. The number of hydrogen-bond acceptors (Lipinski definition) is 3. The van der Waals surface area contributed by atoms with Crippen LogP contribution in [0.4, 0.5) is 11.4 Å². The van der Waals surface area contributed by atoms with Crippen molar-refractivity contribution in [1.29, 1.82) is 0 Å². The van der Waals surface area contributed by atoms with Crippen molar-refractivity contribution in [3.8, 4) is 0 Å². The SMILES string of the molecule is Cc1ccc(S(=O)(=O)N(CC(=O)Nc2ccccc2Br)c2cccc(C)c2C)cc1. The first-order chi connectivity index (χ1) is 14.2. The van der Waals surface area contributed by atoms with Crippen LogP contribution in [0, 0.1) is 20.8 Å². The molecule has 0 saturated carbocycles. The van der Waals surface area contributed by atoms with Crippen molar-refractivity contribution in [3.05, 3.63) is 87.9 Å². The van der Waals surface area contributed by atoms with Gasteiger partial charge in [0.05, 0.1) is 16.3 Å². The highest BCUT2D eigenvalue weighted by Gasteiger charge is 2.28. The van der Waals surface area contributed by atoms with E-state index in [1.165, 1.54) is 4.31 Å². The van der Waals surface area contributed by atoms with Crippen LogP contribution in [-0.2, 0) is 14.8 Å². The molecule has 7 heteroatoms. The lowest BCUT2D eigenvalue weighted by Gasteiger charge is -2.26. The first-order valence-electron chi connectivity index (χ1n) is 9.40. The number of rotatable bonds is 6. The van der Waals surface area contributed by atoms with Gasteiger partial charge < -0.3 is 5.32 Å². The number of nitrogens with one attached hydrogen (secondary N) is 1. The fraction of sp³-hybridized carbons (Fsp3) is 0.174. The minimum Gasteiger partial charge on any atom is -0.323 e. The van der Waals surface area contributed by atoms with Crippen molar-refractivity contribution in [1.82, 2.24) is 0 Å². The Labute approximate surface area is 185 Å². The van der Waals surface area contributed by atoms with Gasteiger partial charge in [-0.2, -0.15) is 0 Å². The number of halogens is 1. The maximum absolute atomic E-state index is 13.5. The topological polar surface area (TPSA) is 66.5 Å². The summed E-state index contributed by atoms with van der Waals surface area (Å²) in [5.41, 5.74) is 3.78. The first-order valence-corrected chi connectivity index (χ1v) is 11.6. The van der Waals surface area contributed by atoms with Gasteiger partial charge in [0.25, 0.3) is 10.0 Å². The summed E-state index contributed by atoms with van der Waals surface area (Å²) >= 11 is 3.39. The summed E-state index contributed by atoms with van der Waals surface area (Å²) in [4.78, 5) is 13.0. The Kier molecular flexibility index (Phi) is 6.63. The Morgan fingerprint density at radius 2 is 1.60 bits per heavy atom. The average Bonchev–Trinajstić information content (AvgIpc) is 2.70. The van der Waals surface area contributed by atoms with Crippen LogP contribution in [0.2, 0.25) is 0 Å². The third kappa shape index (κ3) is 4.74. The van der Waals surface area contributed by atoms with Gasteiger partial charge in [0.1, 0.15) is 6.54 Å². The molecule has 0 saturated heterocycles. The number of benzene rings is 3. The molecule has 3 aromatic carbocycles. The van der Waals surface area contributed by atoms with Gasteiger partial charge in [-0.05, 0) is 78.2 Å². The molecule has 5 nitrogen and oxygen atoms in total. The minimum atomic E-state index is -3.95. The lowest BCUT2D eigenvalue weighted by atomic mass is 10.1. The van der Waals surface area contributed by atoms with E-state index >= 15 is 0 Å². The van der Waals surface area contributed by atoms with Crippen LogP contribution < -0.4 is 9.62 Å².